The van der Waals surface area contributed by atoms with Crippen molar-refractivity contribution in [3.8, 4) is 46.6 Å². The van der Waals surface area contributed by atoms with Gasteiger partial charge in [-0.05, 0) is 67.9 Å². The van der Waals surface area contributed by atoms with E-state index in [0.717, 1.165) is 32.2 Å². The van der Waals surface area contributed by atoms with Crippen LogP contribution in [-0.2, 0) is 0 Å². The molecule has 4 aliphatic heterocycles. The monoisotopic (exact) mass is 677 g/mol. The number of pyridine rings is 2. The molecule has 3 aromatic heterocycles. The van der Waals surface area contributed by atoms with E-state index >= 15 is 8.78 Å². The fourth-order valence-electron chi connectivity index (χ4n) is 8.69. The average molecular weight is 678 g/mol. The number of nitrogens with zero attached hydrogens (tertiary/aromatic N) is 6. The first-order chi connectivity index (χ1) is 24.3. The van der Waals surface area contributed by atoms with Crippen LogP contribution in [0.5, 0.6) is 11.8 Å². The molecular formula is C38H34F3N7O2. The number of aromatic nitrogens is 4. The van der Waals surface area contributed by atoms with Gasteiger partial charge in [-0.2, -0.15) is 9.97 Å². The van der Waals surface area contributed by atoms with Crippen molar-refractivity contribution in [2.24, 2.45) is 0 Å². The molecule has 2 bridgehead atoms. The molecule has 4 atom stereocenters. The van der Waals surface area contributed by atoms with E-state index in [0.29, 0.717) is 53.9 Å². The molecule has 0 spiro atoms. The van der Waals surface area contributed by atoms with Crippen molar-refractivity contribution in [3.63, 3.8) is 0 Å². The number of alkyl halides is 1. The van der Waals surface area contributed by atoms with Crippen LogP contribution in [0.3, 0.4) is 0 Å². The van der Waals surface area contributed by atoms with E-state index in [1.165, 1.54) is 24.3 Å². The van der Waals surface area contributed by atoms with E-state index in [1.54, 1.807) is 18.5 Å². The number of phenols is 1. The van der Waals surface area contributed by atoms with E-state index in [1.807, 2.05) is 6.07 Å². The van der Waals surface area contributed by atoms with Gasteiger partial charge >= 0.3 is 6.01 Å². The van der Waals surface area contributed by atoms with Crippen molar-refractivity contribution < 1.29 is 23.0 Å². The number of phenolic OH excluding ortho intramolecular Hbond substituents is 1. The Morgan fingerprint density at radius 2 is 1.88 bits per heavy atom. The number of rotatable bonds is 6. The number of benzene rings is 2. The highest BCUT2D eigenvalue weighted by atomic mass is 19.1. The number of piperazine rings is 1. The van der Waals surface area contributed by atoms with Gasteiger partial charge < -0.3 is 20.1 Å². The highest BCUT2D eigenvalue weighted by Crippen LogP contribution is 2.44. The molecule has 4 fully saturated rings. The van der Waals surface area contributed by atoms with E-state index < -0.39 is 23.3 Å². The number of ether oxygens (including phenoxy) is 1. The van der Waals surface area contributed by atoms with E-state index in [-0.39, 0.29) is 58.2 Å². The lowest BCUT2D eigenvalue weighted by atomic mass is 9.95. The summed E-state index contributed by atoms with van der Waals surface area (Å²) in [4.78, 5) is 23.2. The third-order valence-electron chi connectivity index (χ3n) is 10.9. The van der Waals surface area contributed by atoms with Gasteiger partial charge in [-0.1, -0.05) is 12.0 Å². The first-order valence-electron chi connectivity index (χ1n) is 17.1. The second kappa shape index (κ2) is 11.8. The molecule has 50 heavy (non-hydrogen) atoms. The van der Waals surface area contributed by atoms with Crippen molar-refractivity contribution in [1.29, 1.82) is 0 Å². The minimum Gasteiger partial charge on any atom is -0.508 e. The summed E-state index contributed by atoms with van der Waals surface area (Å²) in [5.74, 6) is 1.26. The maximum atomic E-state index is 17.4. The van der Waals surface area contributed by atoms with Crippen LogP contribution in [0.15, 0.2) is 48.8 Å². The van der Waals surface area contributed by atoms with E-state index in [9.17, 15) is 9.50 Å². The van der Waals surface area contributed by atoms with Crippen molar-refractivity contribution in [3.05, 3.63) is 66.0 Å². The Hall–Kier alpha value is -4.99. The average Bonchev–Trinajstić information content (AvgIpc) is 3.77. The van der Waals surface area contributed by atoms with Crippen LogP contribution in [0.1, 0.15) is 37.7 Å². The molecule has 7 heterocycles. The Morgan fingerprint density at radius 1 is 1.04 bits per heavy atom. The summed E-state index contributed by atoms with van der Waals surface area (Å²) in [5.41, 5.74) is 0.295. The summed E-state index contributed by atoms with van der Waals surface area (Å²) in [7, 11) is 0. The molecular weight excluding hydrogens is 643 g/mol. The molecule has 0 amide bonds. The van der Waals surface area contributed by atoms with Gasteiger partial charge in [0.25, 0.3) is 0 Å². The predicted octanol–water partition coefficient (Wildman–Crippen LogP) is 5.77. The molecule has 9 rings (SSSR count). The van der Waals surface area contributed by atoms with Crippen LogP contribution in [-0.4, -0.2) is 86.5 Å². The highest BCUT2D eigenvalue weighted by molar-refractivity contribution is 6.06. The van der Waals surface area contributed by atoms with Crippen molar-refractivity contribution >= 4 is 27.5 Å². The molecule has 2 aromatic carbocycles. The number of halogens is 3. The summed E-state index contributed by atoms with van der Waals surface area (Å²) >= 11 is 0. The molecule has 12 heteroatoms. The maximum absolute atomic E-state index is 17.4. The molecule has 9 nitrogen and oxygen atoms in total. The largest absolute Gasteiger partial charge is 0.508 e. The van der Waals surface area contributed by atoms with Gasteiger partial charge in [-0.15, -0.1) is 6.42 Å². The quantitative estimate of drug-likeness (QED) is 0.217. The molecule has 5 aromatic rings. The third-order valence-corrected chi connectivity index (χ3v) is 10.9. The summed E-state index contributed by atoms with van der Waals surface area (Å²) in [6.45, 7) is 2.62. The van der Waals surface area contributed by atoms with Gasteiger partial charge in [0.05, 0.1) is 22.2 Å². The molecule has 4 saturated heterocycles. The zero-order chi connectivity index (χ0) is 34.1. The predicted molar refractivity (Wildman–Crippen MR) is 184 cm³/mol. The number of hydrogen-bond acceptors (Lipinski definition) is 9. The smallest absolute Gasteiger partial charge is 0.319 e. The first-order valence-corrected chi connectivity index (χ1v) is 17.1. The van der Waals surface area contributed by atoms with Crippen molar-refractivity contribution in [1.82, 2.24) is 30.2 Å². The normalized spacial score (nSPS) is 24.6. The Labute approximate surface area is 286 Å². The summed E-state index contributed by atoms with van der Waals surface area (Å²) < 4.78 is 53.5. The Bertz CT molecular complexity index is 2200. The molecule has 254 valence electrons. The Balaban J connectivity index is 1.30. The molecule has 0 saturated carbocycles. The van der Waals surface area contributed by atoms with Crippen molar-refractivity contribution in [2.75, 3.05) is 37.7 Å². The third kappa shape index (κ3) is 5.02. The van der Waals surface area contributed by atoms with Crippen LogP contribution in [0.2, 0.25) is 0 Å². The SMILES string of the molecule is C#Cc1c(F)ccc2cc(O)cc(-c3nc(-c4cccnc4)c4c(N5C[C@H]6CC[C@@H](C5)N6)nc(OC[C@@]56CCCN5C[C@H](F)C6)nc4c3F)c12. The van der Waals surface area contributed by atoms with Crippen LogP contribution in [0, 0.1) is 24.0 Å². The lowest BCUT2D eigenvalue weighted by molar-refractivity contribution is 0.107. The summed E-state index contributed by atoms with van der Waals surface area (Å²) in [6, 6.07) is 9.52. The second-order valence-electron chi connectivity index (χ2n) is 14.0. The van der Waals surface area contributed by atoms with Gasteiger partial charge in [-0.3, -0.25) is 9.88 Å². The van der Waals surface area contributed by atoms with Gasteiger partial charge in [0.2, 0.25) is 0 Å². The zero-order valence-electron chi connectivity index (χ0n) is 27.2. The fourth-order valence-corrected chi connectivity index (χ4v) is 8.69. The zero-order valence-corrected chi connectivity index (χ0v) is 27.2. The van der Waals surface area contributed by atoms with Gasteiger partial charge in [0.1, 0.15) is 41.4 Å². The second-order valence-corrected chi connectivity index (χ2v) is 14.0. The van der Waals surface area contributed by atoms with Crippen LogP contribution in [0.4, 0.5) is 19.0 Å². The van der Waals surface area contributed by atoms with Crippen LogP contribution in [0.25, 0.3) is 44.2 Å². The van der Waals surface area contributed by atoms with Crippen LogP contribution >= 0.6 is 0 Å². The molecule has 4 aliphatic rings. The number of aromatic hydroxyl groups is 1. The molecule has 0 unspecified atom stereocenters. The van der Waals surface area contributed by atoms with E-state index in [4.69, 9.17) is 26.1 Å². The number of hydrogen-bond donors (Lipinski definition) is 2. The molecule has 2 N–H and O–H groups in total. The number of terminal acetylenes is 1. The number of fused-ring (bicyclic) bond motifs is 5. The standard InChI is InChI=1S/C38H34F3N7O2/c1-2-27-29(40)9-6-21-13-26(49)14-28(30(21)27)34-32(41)35-31(33(44-34)22-5-3-11-42-16-22)36(47-18-24-7-8-25(19-47)43-24)46-37(45-35)50-20-38-10-4-12-48(38)17-23(39)15-38/h1,3,5-6,9,11,13-14,16,23-25,43,49H,4,7-8,10,12,15,17-20H2/t23-,24-,25+,38+/m1/s1. The highest BCUT2D eigenvalue weighted by Gasteiger charge is 2.49. The molecule has 0 radical (unpaired) electrons. The Morgan fingerprint density at radius 3 is 2.66 bits per heavy atom. The first kappa shape index (κ1) is 31.0. The number of anilines is 1. The van der Waals surface area contributed by atoms with Gasteiger partial charge in [0.15, 0.2) is 5.82 Å². The lowest BCUT2D eigenvalue weighted by Crippen LogP contribution is -2.51. The van der Waals surface area contributed by atoms with E-state index in [2.05, 4.69) is 26.0 Å². The van der Waals surface area contributed by atoms with Gasteiger partial charge in [0, 0.05) is 67.0 Å². The topological polar surface area (TPSA) is 99.5 Å². The summed E-state index contributed by atoms with van der Waals surface area (Å²) in [5, 5.41) is 15.5. The van der Waals surface area contributed by atoms with Crippen LogP contribution < -0.4 is 15.0 Å². The minimum atomic E-state index is -0.939. The van der Waals surface area contributed by atoms with Gasteiger partial charge in [-0.25, -0.2) is 18.2 Å². The summed E-state index contributed by atoms with van der Waals surface area (Å²) in [6.07, 6.45) is 12.2. The Kier molecular flexibility index (Phi) is 7.33. The molecule has 0 aliphatic carbocycles. The van der Waals surface area contributed by atoms with Crippen molar-refractivity contribution in [2.45, 2.75) is 55.9 Å². The number of nitrogens with one attached hydrogen (secondary N) is 1. The lowest BCUT2D eigenvalue weighted by Gasteiger charge is -2.35. The maximum Gasteiger partial charge on any atom is 0.319 e. The fraction of sp³-hybridized carbons (Fsp3) is 0.368. The minimum absolute atomic E-state index is 0.0220.